The largest absolute Gasteiger partial charge is 0.394 e. The second-order valence-electron chi connectivity index (χ2n) is 6.26. The van der Waals surface area contributed by atoms with E-state index in [1.165, 1.54) is 24.3 Å². The smallest absolute Gasteiger partial charge is 0.319 e. The van der Waals surface area contributed by atoms with Crippen LogP contribution in [0.4, 0.5) is 14.9 Å². The molecule has 4 N–H and O–H groups in total. The third-order valence-corrected chi connectivity index (χ3v) is 4.32. The molecule has 1 aromatic rings. The van der Waals surface area contributed by atoms with Crippen molar-refractivity contribution in [3.63, 3.8) is 0 Å². The number of rotatable bonds is 7. The quantitative estimate of drug-likeness (QED) is 0.590. The molecule has 7 nitrogen and oxygen atoms in total. The third-order valence-electron chi connectivity index (χ3n) is 4.32. The molecule has 1 saturated heterocycles. The number of aliphatic hydroxyl groups is 1. The highest BCUT2D eigenvalue weighted by Gasteiger charge is 2.31. The lowest BCUT2D eigenvalue weighted by atomic mass is 9.97. The second-order valence-corrected chi connectivity index (χ2v) is 6.26. The Labute approximate surface area is 152 Å². The number of benzene rings is 1. The lowest BCUT2D eigenvalue weighted by molar-refractivity contribution is -0.128. The van der Waals surface area contributed by atoms with Gasteiger partial charge >= 0.3 is 6.03 Å². The van der Waals surface area contributed by atoms with Gasteiger partial charge in [0.25, 0.3) is 0 Å². The molecular weight excluding hydrogens is 341 g/mol. The maximum Gasteiger partial charge on any atom is 0.319 e. The predicted octanol–water partition coefficient (Wildman–Crippen LogP) is 1.77. The van der Waals surface area contributed by atoms with Gasteiger partial charge in [0, 0.05) is 18.7 Å². The molecule has 0 radical (unpaired) electrons. The highest BCUT2D eigenvalue weighted by atomic mass is 19.1. The van der Waals surface area contributed by atoms with Gasteiger partial charge in [0.2, 0.25) is 5.91 Å². The summed E-state index contributed by atoms with van der Waals surface area (Å²) in [6.45, 7) is 2.02. The zero-order valence-corrected chi connectivity index (χ0v) is 14.8. The summed E-state index contributed by atoms with van der Waals surface area (Å²) >= 11 is 0. The molecule has 26 heavy (non-hydrogen) atoms. The minimum absolute atomic E-state index is 0.0605. The van der Waals surface area contributed by atoms with Crippen molar-refractivity contribution in [1.82, 2.24) is 10.6 Å². The first kappa shape index (κ1) is 20.1. The number of urea groups is 1. The van der Waals surface area contributed by atoms with Crippen molar-refractivity contribution in [2.45, 2.75) is 50.9 Å². The van der Waals surface area contributed by atoms with E-state index in [2.05, 4.69) is 16.0 Å². The van der Waals surface area contributed by atoms with Crippen molar-refractivity contribution in [1.29, 1.82) is 0 Å². The van der Waals surface area contributed by atoms with Crippen LogP contribution in [0.5, 0.6) is 0 Å². The minimum atomic E-state index is -0.433. The molecule has 2 rings (SSSR count). The van der Waals surface area contributed by atoms with Gasteiger partial charge in [0.15, 0.2) is 0 Å². The molecule has 0 spiro atoms. The Hall–Kier alpha value is -2.19. The number of nitrogens with one attached hydrogen (secondary N) is 3. The van der Waals surface area contributed by atoms with Crippen LogP contribution in [0.2, 0.25) is 0 Å². The lowest BCUT2D eigenvalue weighted by Crippen LogP contribution is -2.51. The number of halogens is 1. The molecule has 1 aromatic carbocycles. The van der Waals surface area contributed by atoms with E-state index in [1.54, 1.807) is 6.92 Å². The van der Waals surface area contributed by atoms with Crippen LogP contribution in [0.3, 0.4) is 0 Å². The molecule has 0 saturated carbocycles. The van der Waals surface area contributed by atoms with Crippen LogP contribution in [-0.4, -0.2) is 48.4 Å². The Bertz CT molecular complexity index is 597. The Morgan fingerprint density at radius 3 is 2.65 bits per heavy atom. The minimum Gasteiger partial charge on any atom is -0.394 e. The number of aliphatic hydroxyl groups excluding tert-OH is 1. The number of carbonyl (C=O) groups excluding carboxylic acids is 2. The van der Waals surface area contributed by atoms with Gasteiger partial charge in [0.05, 0.1) is 18.8 Å². The van der Waals surface area contributed by atoms with Crippen LogP contribution < -0.4 is 16.0 Å². The summed E-state index contributed by atoms with van der Waals surface area (Å²) in [5, 5.41) is 17.7. The predicted molar refractivity (Wildman–Crippen MR) is 95.2 cm³/mol. The average molecular weight is 367 g/mol. The fraction of sp³-hybridized carbons (Fsp3) is 0.556. The number of anilines is 1. The van der Waals surface area contributed by atoms with Crippen LogP contribution in [0.25, 0.3) is 0 Å². The van der Waals surface area contributed by atoms with Gasteiger partial charge in [-0.3, -0.25) is 4.79 Å². The summed E-state index contributed by atoms with van der Waals surface area (Å²) in [5.41, 5.74) is 0.507. The van der Waals surface area contributed by atoms with E-state index in [9.17, 15) is 19.1 Å². The monoisotopic (exact) mass is 367 g/mol. The van der Waals surface area contributed by atoms with Crippen LogP contribution in [-0.2, 0) is 9.53 Å². The summed E-state index contributed by atoms with van der Waals surface area (Å²) in [5.74, 6) is -0.424. The van der Waals surface area contributed by atoms with Crippen molar-refractivity contribution in [2.24, 2.45) is 0 Å². The number of amides is 3. The van der Waals surface area contributed by atoms with E-state index in [0.29, 0.717) is 25.1 Å². The van der Waals surface area contributed by atoms with Crippen LogP contribution in [0.15, 0.2) is 24.3 Å². The standard InChI is InChI=1S/C18H26FN3O4/c1-2-17(24)22-15-8-7-14(26-16(15)11-23)9-10-20-18(25)21-13-5-3-12(19)4-6-13/h3-6,14-16,23H,2,7-11H2,1H3,(H,22,24)(H2,20,21,25)/t14-,15+,16-/m0/s1. The Kier molecular flexibility index (Phi) is 7.80. The first-order valence-electron chi connectivity index (χ1n) is 8.88. The normalized spacial score (nSPS) is 22.5. The molecule has 1 aliphatic rings. The summed E-state index contributed by atoms with van der Waals surface area (Å²) < 4.78 is 18.7. The van der Waals surface area contributed by atoms with E-state index >= 15 is 0 Å². The number of ether oxygens (including phenoxy) is 1. The van der Waals surface area contributed by atoms with Crippen molar-refractivity contribution in [2.75, 3.05) is 18.5 Å². The molecule has 0 aliphatic carbocycles. The van der Waals surface area contributed by atoms with E-state index in [0.717, 1.165) is 12.8 Å². The zero-order chi connectivity index (χ0) is 18.9. The Balaban J connectivity index is 1.70. The van der Waals surface area contributed by atoms with Gasteiger partial charge < -0.3 is 25.8 Å². The fourth-order valence-electron chi connectivity index (χ4n) is 2.87. The molecule has 0 unspecified atom stereocenters. The van der Waals surface area contributed by atoms with Crippen molar-refractivity contribution in [3.8, 4) is 0 Å². The van der Waals surface area contributed by atoms with Crippen molar-refractivity contribution < 1.29 is 23.8 Å². The highest BCUT2D eigenvalue weighted by Crippen LogP contribution is 2.21. The van der Waals surface area contributed by atoms with Crippen LogP contribution in [0.1, 0.15) is 32.6 Å². The molecule has 3 amide bonds. The molecule has 1 fully saturated rings. The van der Waals surface area contributed by atoms with E-state index < -0.39 is 6.10 Å². The van der Waals surface area contributed by atoms with E-state index in [4.69, 9.17) is 4.74 Å². The molecule has 3 atom stereocenters. The maximum atomic E-state index is 12.8. The van der Waals surface area contributed by atoms with Crippen molar-refractivity contribution >= 4 is 17.6 Å². The SMILES string of the molecule is CCC(=O)N[C@@H]1CC[C@@H](CCNC(=O)Nc2ccc(F)cc2)O[C@H]1CO. The summed E-state index contributed by atoms with van der Waals surface area (Å²) in [6, 6.07) is 4.95. The maximum absolute atomic E-state index is 12.8. The molecule has 1 aliphatic heterocycles. The molecule has 8 heteroatoms. The lowest BCUT2D eigenvalue weighted by Gasteiger charge is -2.36. The first-order chi connectivity index (χ1) is 12.5. The summed E-state index contributed by atoms with van der Waals surface area (Å²) in [7, 11) is 0. The number of carbonyl (C=O) groups is 2. The van der Waals surface area contributed by atoms with E-state index in [-0.39, 0.29) is 36.5 Å². The number of hydrogen-bond donors (Lipinski definition) is 4. The molecule has 1 heterocycles. The molecule has 144 valence electrons. The van der Waals surface area contributed by atoms with Gasteiger partial charge in [-0.05, 0) is 43.5 Å². The van der Waals surface area contributed by atoms with Gasteiger partial charge in [-0.1, -0.05) is 6.92 Å². The number of hydrogen-bond acceptors (Lipinski definition) is 4. The van der Waals surface area contributed by atoms with Gasteiger partial charge in [0.1, 0.15) is 11.9 Å². The van der Waals surface area contributed by atoms with Crippen LogP contribution >= 0.6 is 0 Å². The summed E-state index contributed by atoms with van der Waals surface area (Å²) in [6.07, 6.45) is 1.94. The topological polar surface area (TPSA) is 99.7 Å². The van der Waals surface area contributed by atoms with Gasteiger partial charge in [-0.2, -0.15) is 0 Å². The average Bonchev–Trinajstić information content (AvgIpc) is 2.64. The van der Waals surface area contributed by atoms with Crippen molar-refractivity contribution in [3.05, 3.63) is 30.1 Å². The van der Waals surface area contributed by atoms with Crippen LogP contribution in [0, 0.1) is 5.82 Å². The third kappa shape index (κ3) is 6.27. The Morgan fingerprint density at radius 1 is 1.27 bits per heavy atom. The summed E-state index contributed by atoms with van der Waals surface area (Å²) in [4.78, 5) is 23.3. The first-order valence-corrected chi connectivity index (χ1v) is 8.88. The highest BCUT2D eigenvalue weighted by molar-refractivity contribution is 5.89. The van der Waals surface area contributed by atoms with Gasteiger partial charge in [-0.15, -0.1) is 0 Å². The molecule has 0 bridgehead atoms. The zero-order valence-electron chi connectivity index (χ0n) is 14.8. The molecular formula is C18H26FN3O4. The van der Waals surface area contributed by atoms with E-state index in [1.807, 2.05) is 0 Å². The second kappa shape index (κ2) is 10.1. The molecule has 0 aromatic heterocycles. The van der Waals surface area contributed by atoms with Gasteiger partial charge in [-0.25, -0.2) is 9.18 Å². The fourth-order valence-corrected chi connectivity index (χ4v) is 2.87. The Morgan fingerprint density at radius 2 is 2.00 bits per heavy atom.